The molecular formula is C27H25N3O3. The first kappa shape index (κ1) is 22.0. The van der Waals surface area contributed by atoms with Gasteiger partial charge in [-0.15, -0.1) is 0 Å². The molecular weight excluding hydrogens is 414 g/mol. The van der Waals surface area contributed by atoms with Crippen molar-refractivity contribution in [1.29, 1.82) is 0 Å². The summed E-state index contributed by atoms with van der Waals surface area (Å²) in [5.41, 5.74) is 3.69. The van der Waals surface area contributed by atoms with Crippen molar-refractivity contribution in [3.05, 3.63) is 100 Å². The molecule has 0 unspecified atom stereocenters. The lowest BCUT2D eigenvalue weighted by atomic mass is 9.95. The van der Waals surface area contributed by atoms with Crippen molar-refractivity contribution in [3.63, 3.8) is 0 Å². The van der Waals surface area contributed by atoms with Gasteiger partial charge in [-0.3, -0.25) is 9.59 Å². The van der Waals surface area contributed by atoms with Gasteiger partial charge in [0.2, 0.25) is 0 Å². The van der Waals surface area contributed by atoms with Crippen LogP contribution in [0.3, 0.4) is 0 Å². The Bertz CT molecular complexity index is 1350. The van der Waals surface area contributed by atoms with Gasteiger partial charge in [0.05, 0.1) is 18.5 Å². The first-order chi connectivity index (χ1) is 16.0. The van der Waals surface area contributed by atoms with Crippen molar-refractivity contribution in [2.45, 2.75) is 20.4 Å². The molecule has 6 nitrogen and oxygen atoms in total. The van der Waals surface area contributed by atoms with Crippen LogP contribution >= 0.6 is 0 Å². The topological polar surface area (TPSA) is 73.2 Å². The molecule has 4 aromatic rings. The summed E-state index contributed by atoms with van der Waals surface area (Å²) in [6.45, 7) is 4.09. The van der Waals surface area contributed by atoms with Crippen LogP contribution in [0.1, 0.15) is 22.8 Å². The summed E-state index contributed by atoms with van der Waals surface area (Å²) < 4.78 is 6.74. The van der Waals surface area contributed by atoms with Gasteiger partial charge in [-0.2, -0.15) is 5.10 Å². The molecule has 0 spiro atoms. The average Bonchev–Trinajstić information content (AvgIpc) is 2.85. The number of hydrogen-bond donors (Lipinski definition) is 1. The number of aryl methyl sites for hydroxylation is 2. The molecule has 166 valence electrons. The number of hydrogen-bond acceptors (Lipinski definition) is 4. The summed E-state index contributed by atoms with van der Waals surface area (Å²) in [6.07, 6.45) is 0. The van der Waals surface area contributed by atoms with E-state index in [1.165, 1.54) is 4.68 Å². The molecule has 1 amide bonds. The first-order valence-electron chi connectivity index (χ1n) is 10.8. The largest absolute Gasteiger partial charge is 0.495 e. The third kappa shape index (κ3) is 4.41. The lowest BCUT2D eigenvalue weighted by Crippen LogP contribution is -2.32. The van der Waals surface area contributed by atoms with Gasteiger partial charge in [-0.05, 0) is 37.1 Å². The van der Waals surface area contributed by atoms with Gasteiger partial charge >= 0.3 is 0 Å². The van der Waals surface area contributed by atoms with Crippen molar-refractivity contribution < 1.29 is 9.53 Å². The third-order valence-corrected chi connectivity index (χ3v) is 5.40. The number of amides is 1. The van der Waals surface area contributed by atoms with E-state index in [0.717, 1.165) is 16.7 Å². The van der Waals surface area contributed by atoms with Crippen LogP contribution in [0.25, 0.3) is 22.4 Å². The molecule has 0 fully saturated rings. The maximum Gasteiger partial charge on any atom is 0.280 e. The van der Waals surface area contributed by atoms with Crippen LogP contribution in [0.15, 0.2) is 83.7 Å². The summed E-state index contributed by atoms with van der Waals surface area (Å²) >= 11 is 0. The highest BCUT2D eigenvalue weighted by atomic mass is 16.5. The number of carbonyl (C=O) groups is 1. The molecule has 3 aromatic carbocycles. The number of nitrogens with zero attached hydrogens (tertiary/aromatic N) is 2. The van der Waals surface area contributed by atoms with E-state index in [-0.39, 0.29) is 5.56 Å². The van der Waals surface area contributed by atoms with Crippen LogP contribution in [0.2, 0.25) is 0 Å². The first-order valence-corrected chi connectivity index (χ1v) is 10.8. The van der Waals surface area contributed by atoms with Crippen LogP contribution in [-0.2, 0) is 6.54 Å². The van der Waals surface area contributed by atoms with Gasteiger partial charge in [-0.25, -0.2) is 4.68 Å². The predicted molar refractivity (Wildman–Crippen MR) is 131 cm³/mol. The molecule has 0 aliphatic heterocycles. The van der Waals surface area contributed by atoms with Gasteiger partial charge in [0.1, 0.15) is 11.3 Å². The summed E-state index contributed by atoms with van der Waals surface area (Å²) in [7, 11) is 1.54. The van der Waals surface area contributed by atoms with E-state index >= 15 is 0 Å². The minimum Gasteiger partial charge on any atom is -0.495 e. The second-order valence-corrected chi connectivity index (χ2v) is 7.61. The van der Waals surface area contributed by atoms with E-state index in [2.05, 4.69) is 10.4 Å². The van der Waals surface area contributed by atoms with Crippen LogP contribution in [0.5, 0.6) is 5.75 Å². The van der Waals surface area contributed by atoms with Crippen LogP contribution in [0.4, 0.5) is 5.69 Å². The Balaban J connectivity index is 1.98. The quantitative estimate of drug-likeness (QED) is 0.450. The van der Waals surface area contributed by atoms with E-state index < -0.39 is 11.5 Å². The highest BCUT2D eigenvalue weighted by Crippen LogP contribution is 2.33. The maximum atomic E-state index is 13.7. The number of methoxy groups -OCH3 is 1. The molecule has 0 bridgehead atoms. The van der Waals surface area contributed by atoms with E-state index in [1.54, 1.807) is 13.2 Å². The predicted octanol–water partition coefficient (Wildman–Crippen LogP) is 5.17. The maximum absolute atomic E-state index is 13.7. The summed E-state index contributed by atoms with van der Waals surface area (Å²) in [5.74, 6) is 0.00732. The number of benzene rings is 3. The number of nitrogens with one attached hydrogen (secondary N) is 1. The van der Waals surface area contributed by atoms with Crippen molar-refractivity contribution in [3.8, 4) is 28.1 Å². The van der Waals surface area contributed by atoms with Crippen LogP contribution < -0.4 is 15.6 Å². The van der Waals surface area contributed by atoms with Crippen LogP contribution in [-0.4, -0.2) is 22.8 Å². The molecule has 6 heteroatoms. The highest BCUT2D eigenvalue weighted by molar-refractivity contribution is 6.10. The van der Waals surface area contributed by atoms with E-state index in [0.29, 0.717) is 29.2 Å². The van der Waals surface area contributed by atoms with Crippen molar-refractivity contribution in [2.75, 3.05) is 12.4 Å². The summed E-state index contributed by atoms with van der Waals surface area (Å²) in [5, 5.41) is 7.53. The number of anilines is 1. The summed E-state index contributed by atoms with van der Waals surface area (Å²) in [6, 6.07) is 24.5. The smallest absolute Gasteiger partial charge is 0.280 e. The molecule has 0 saturated heterocycles. The Hall–Kier alpha value is -4.19. The van der Waals surface area contributed by atoms with Crippen molar-refractivity contribution in [1.82, 2.24) is 9.78 Å². The van der Waals surface area contributed by atoms with Gasteiger partial charge in [0.25, 0.3) is 11.5 Å². The molecule has 0 aliphatic carbocycles. The van der Waals surface area contributed by atoms with Gasteiger partial charge in [0, 0.05) is 17.7 Å². The Kier molecular flexibility index (Phi) is 6.36. The highest BCUT2D eigenvalue weighted by Gasteiger charge is 2.25. The molecule has 1 heterocycles. The molecule has 0 radical (unpaired) electrons. The minimum atomic E-state index is -0.510. The Morgan fingerprint density at radius 2 is 1.61 bits per heavy atom. The van der Waals surface area contributed by atoms with E-state index in [9.17, 15) is 9.59 Å². The van der Waals surface area contributed by atoms with Crippen molar-refractivity contribution in [2.24, 2.45) is 0 Å². The monoisotopic (exact) mass is 439 g/mol. The molecule has 0 aliphatic rings. The lowest BCUT2D eigenvalue weighted by Gasteiger charge is -2.17. The fourth-order valence-corrected chi connectivity index (χ4v) is 3.78. The average molecular weight is 440 g/mol. The molecule has 0 atom stereocenters. The number of rotatable bonds is 6. The van der Waals surface area contributed by atoms with Crippen molar-refractivity contribution >= 4 is 11.6 Å². The SMILES string of the molecule is CCn1nc(-c2ccccc2)c(-c2ccccc2)c(C(=O)Nc2cc(C)ccc2OC)c1=O. The minimum absolute atomic E-state index is 0.0421. The van der Waals surface area contributed by atoms with E-state index in [4.69, 9.17) is 4.74 Å². The third-order valence-electron chi connectivity index (χ3n) is 5.40. The fourth-order valence-electron chi connectivity index (χ4n) is 3.78. The number of carbonyl (C=O) groups excluding carboxylic acids is 1. The Morgan fingerprint density at radius 1 is 0.970 bits per heavy atom. The van der Waals surface area contributed by atoms with Gasteiger partial charge in [-0.1, -0.05) is 66.7 Å². The Labute approximate surface area is 192 Å². The number of ether oxygens (including phenoxy) is 1. The zero-order valence-electron chi connectivity index (χ0n) is 18.8. The second-order valence-electron chi connectivity index (χ2n) is 7.61. The van der Waals surface area contributed by atoms with Gasteiger partial charge in [0.15, 0.2) is 0 Å². The molecule has 1 aromatic heterocycles. The molecule has 4 rings (SSSR count). The fraction of sp³-hybridized carbons (Fsp3) is 0.148. The molecule has 33 heavy (non-hydrogen) atoms. The summed E-state index contributed by atoms with van der Waals surface area (Å²) in [4.78, 5) is 27.1. The zero-order chi connectivity index (χ0) is 23.4. The Morgan fingerprint density at radius 3 is 2.21 bits per heavy atom. The van der Waals surface area contributed by atoms with Gasteiger partial charge < -0.3 is 10.1 Å². The second kappa shape index (κ2) is 9.53. The van der Waals surface area contributed by atoms with Crippen LogP contribution in [0, 0.1) is 6.92 Å². The number of aromatic nitrogens is 2. The standard InChI is InChI=1S/C27H25N3O3/c1-4-30-27(32)24(26(31)28-21-17-18(2)15-16-22(21)33-3)23(19-11-7-5-8-12-19)25(29-30)20-13-9-6-10-14-20/h5-17H,4H2,1-3H3,(H,28,31). The molecule has 0 saturated carbocycles. The molecule has 1 N–H and O–H groups in total. The lowest BCUT2D eigenvalue weighted by molar-refractivity contribution is 0.102. The van der Waals surface area contributed by atoms with E-state index in [1.807, 2.05) is 86.6 Å². The normalized spacial score (nSPS) is 10.6. The zero-order valence-corrected chi connectivity index (χ0v) is 18.8.